The number of aliphatic hydroxyl groups is 1. The van der Waals surface area contributed by atoms with Crippen LogP contribution in [0.1, 0.15) is 21.7 Å². The Hall–Kier alpha value is -2.90. The lowest BCUT2D eigenvalue weighted by molar-refractivity contribution is 0.0675. The lowest BCUT2D eigenvalue weighted by Gasteiger charge is -2.21. The van der Waals surface area contributed by atoms with Gasteiger partial charge < -0.3 is 14.4 Å². The lowest BCUT2D eigenvalue weighted by Crippen LogP contribution is -2.33. The fourth-order valence-corrected chi connectivity index (χ4v) is 4.25. The summed E-state index contributed by atoms with van der Waals surface area (Å²) < 4.78 is 30.6. The average Bonchev–Trinajstić information content (AvgIpc) is 3.16. The van der Waals surface area contributed by atoms with Gasteiger partial charge in [0.1, 0.15) is 0 Å². The molecule has 0 bridgehead atoms. The van der Waals surface area contributed by atoms with Crippen LogP contribution in [0.5, 0.6) is 0 Å². The van der Waals surface area contributed by atoms with Gasteiger partial charge in [0.25, 0.3) is 5.91 Å². The van der Waals surface area contributed by atoms with Gasteiger partial charge in [0.2, 0.25) is 0 Å². The van der Waals surface area contributed by atoms with Crippen LogP contribution in [0, 0.1) is 0 Å². The predicted octanol–water partition coefficient (Wildman–Crippen LogP) is 2.89. The molecule has 0 saturated carbocycles. The molecule has 0 spiro atoms. The topological polar surface area (TPSA) is 87.8 Å². The highest BCUT2D eigenvalue weighted by molar-refractivity contribution is 7.90. The van der Waals surface area contributed by atoms with Crippen LogP contribution in [0.15, 0.2) is 82.3 Å². The second kappa shape index (κ2) is 8.86. The Balaban J connectivity index is 1.83. The molecule has 0 atom stereocenters. The average molecular weight is 399 g/mol. The second-order valence-electron chi connectivity index (χ2n) is 6.28. The van der Waals surface area contributed by atoms with Gasteiger partial charge in [0, 0.05) is 18.7 Å². The van der Waals surface area contributed by atoms with Crippen LogP contribution < -0.4 is 0 Å². The van der Waals surface area contributed by atoms with Gasteiger partial charge in [-0.15, -0.1) is 0 Å². The molecule has 1 N–H and O–H groups in total. The number of amides is 1. The van der Waals surface area contributed by atoms with Crippen molar-refractivity contribution < 1.29 is 22.7 Å². The molecule has 3 rings (SSSR count). The first-order valence-corrected chi connectivity index (χ1v) is 10.4. The molecule has 7 heteroatoms. The van der Waals surface area contributed by atoms with Crippen LogP contribution in [0.3, 0.4) is 0 Å². The van der Waals surface area contributed by atoms with Crippen LogP contribution in [0.4, 0.5) is 0 Å². The van der Waals surface area contributed by atoms with E-state index in [-0.39, 0.29) is 36.1 Å². The molecule has 1 amide bonds. The highest BCUT2D eigenvalue weighted by atomic mass is 32.2. The van der Waals surface area contributed by atoms with Gasteiger partial charge in [-0.25, -0.2) is 8.42 Å². The standard InChI is InChI=1S/C21H21NO5S/c23-13-12-22(15-17-7-3-1-4-8-17)21(24)20-18(11-14-27-20)16-28(25,26)19-9-5-2-6-10-19/h1-11,14,23H,12-13,15-16H2. The predicted molar refractivity (Wildman–Crippen MR) is 104 cm³/mol. The van der Waals surface area contributed by atoms with Crippen LogP contribution in [-0.2, 0) is 22.1 Å². The Morgan fingerprint density at radius 1 is 0.964 bits per heavy atom. The maximum atomic E-state index is 13.0. The van der Waals surface area contributed by atoms with E-state index in [4.69, 9.17) is 4.42 Å². The number of aliphatic hydroxyl groups excluding tert-OH is 1. The number of benzene rings is 2. The van der Waals surface area contributed by atoms with E-state index in [1.165, 1.54) is 29.4 Å². The van der Waals surface area contributed by atoms with Gasteiger partial charge in [0.05, 0.1) is 23.5 Å². The monoisotopic (exact) mass is 399 g/mol. The summed E-state index contributed by atoms with van der Waals surface area (Å²) in [6.45, 7) is 0.183. The highest BCUT2D eigenvalue weighted by Crippen LogP contribution is 2.21. The largest absolute Gasteiger partial charge is 0.459 e. The maximum Gasteiger partial charge on any atom is 0.290 e. The molecule has 6 nitrogen and oxygen atoms in total. The molecule has 1 aromatic heterocycles. The van der Waals surface area contributed by atoms with Crippen LogP contribution in [0.2, 0.25) is 0 Å². The van der Waals surface area contributed by atoms with Crippen molar-refractivity contribution >= 4 is 15.7 Å². The Morgan fingerprint density at radius 3 is 2.25 bits per heavy atom. The summed E-state index contributed by atoms with van der Waals surface area (Å²) in [7, 11) is -3.62. The summed E-state index contributed by atoms with van der Waals surface area (Å²) >= 11 is 0. The summed E-state index contributed by atoms with van der Waals surface area (Å²) in [4.78, 5) is 14.6. The minimum absolute atomic E-state index is 0.0242. The third kappa shape index (κ3) is 4.68. The SMILES string of the molecule is O=C(c1occc1CS(=O)(=O)c1ccccc1)N(CCO)Cc1ccccc1. The zero-order valence-corrected chi connectivity index (χ0v) is 16.0. The molecule has 2 aromatic carbocycles. The normalized spacial score (nSPS) is 11.3. The van der Waals surface area contributed by atoms with Crippen molar-refractivity contribution in [2.45, 2.75) is 17.2 Å². The first-order chi connectivity index (χ1) is 13.5. The summed E-state index contributed by atoms with van der Waals surface area (Å²) in [5.74, 6) is -0.822. The summed E-state index contributed by atoms with van der Waals surface area (Å²) in [6, 6.07) is 18.9. The van der Waals surface area contributed by atoms with E-state index in [1.807, 2.05) is 30.3 Å². The van der Waals surface area contributed by atoms with Crippen LogP contribution >= 0.6 is 0 Å². The van der Waals surface area contributed by atoms with Crippen molar-refractivity contribution in [2.75, 3.05) is 13.2 Å². The van der Waals surface area contributed by atoms with Crippen molar-refractivity contribution in [2.24, 2.45) is 0 Å². The van der Waals surface area contributed by atoms with E-state index in [0.29, 0.717) is 5.56 Å². The van der Waals surface area contributed by atoms with Gasteiger partial charge in [-0.2, -0.15) is 0 Å². The minimum atomic E-state index is -3.62. The molecular weight excluding hydrogens is 378 g/mol. The molecule has 0 aliphatic carbocycles. The van der Waals surface area contributed by atoms with Crippen molar-refractivity contribution in [3.8, 4) is 0 Å². The Bertz CT molecular complexity index is 1010. The lowest BCUT2D eigenvalue weighted by atomic mass is 10.2. The Labute approximate surface area is 164 Å². The molecule has 146 valence electrons. The van der Waals surface area contributed by atoms with E-state index in [0.717, 1.165) is 5.56 Å². The van der Waals surface area contributed by atoms with Gasteiger partial charge in [-0.3, -0.25) is 4.79 Å². The van der Waals surface area contributed by atoms with E-state index < -0.39 is 15.7 Å². The van der Waals surface area contributed by atoms with E-state index in [2.05, 4.69) is 0 Å². The summed E-state index contributed by atoms with van der Waals surface area (Å²) in [6.07, 6.45) is 1.31. The first-order valence-electron chi connectivity index (χ1n) is 8.79. The second-order valence-corrected chi connectivity index (χ2v) is 8.27. The first kappa shape index (κ1) is 19.9. The zero-order valence-electron chi connectivity index (χ0n) is 15.2. The number of furan rings is 1. The Kier molecular flexibility index (Phi) is 6.28. The number of carbonyl (C=O) groups excluding carboxylic acids is 1. The zero-order chi connectivity index (χ0) is 20.0. The molecule has 0 aliphatic rings. The van der Waals surface area contributed by atoms with Crippen molar-refractivity contribution in [1.82, 2.24) is 4.90 Å². The maximum absolute atomic E-state index is 13.0. The molecular formula is C21H21NO5S. The molecule has 0 unspecified atom stereocenters. The Morgan fingerprint density at radius 2 is 1.61 bits per heavy atom. The van der Waals surface area contributed by atoms with Crippen molar-refractivity contribution in [3.63, 3.8) is 0 Å². The van der Waals surface area contributed by atoms with E-state index >= 15 is 0 Å². The number of hydrogen-bond donors (Lipinski definition) is 1. The fourth-order valence-electron chi connectivity index (χ4n) is 2.87. The van der Waals surface area contributed by atoms with Gasteiger partial charge in [0.15, 0.2) is 15.6 Å². The number of rotatable bonds is 8. The molecule has 28 heavy (non-hydrogen) atoms. The molecule has 3 aromatic rings. The van der Waals surface area contributed by atoms with E-state index in [9.17, 15) is 18.3 Å². The van der Waals surface area contributed by atoms with Crippen molar-refractivity contribution in [1.29, 1.82) is 0 Å². The fraction of sp³-hybridized carbons (Fsp3) is 0.190. The quantitative estimate of drug-likeness (QED) is 0.629. The highest BCUT2D eigenvalue weighted by Gasteiger charge is 2.25. The number of hydrogen-bond acceptors (Lipinski definition) is 5. The van der Waals surface area contributed by atoms with Crippen molar-refractivity contribution in [3.05, 3.63) is 89.9 Å². The third-order valence-electron chi connectivity index (χ3n) is 4.26. The van der Waals surface area contributed by atoms with Gasteiger partial charge >= 0.3 is 0 Å². The molecule has 0 aliphatic heterocycles. The minimum Gasteiger partial charge on any atom is -0.459 e. The van der Waals surface area contributed by atoms with Gasteiger partial charge in [-0.05, 0) is 23.8 Å². The third-order valence-corrected chi connectivity index (χ3v) is 5.94. The van der Waals surface area contributed by atoms with Gasteiger partial charge in [-0.1, -0.05) is 48.5 Å². The number of carbonyl (C=O) groups is 1. The number of sulfone groups is 1. The summed E-state index contributed by atoms with van der Waals surface area (Å²) in [5.41, 5.74) is 1.19. The molecule has 0 saturated heterocycles. The number of nitrogens with zero attached hydrogens (tertiary/aromatic N) is 1. The molecule has 0 fully saturated rings. The smallest absolute Gasteiger partial charge is 0.290 e. The van der Waals surface area contributed by atoms with Crippen LogP contribution in [-0.4, -0.2) is 37.5 Å². The van der Waals surface area contributed by atoms with Crippen LogP contribution in [0.25, 0.3) is 0 Å². The molecule has 0 radical (unpaired) electrons. The summed E-state index contributed by atoms with van der Waals surface area (Å²) in [5, 5.41) is 9.35. The molecule has 1 heterocycles. The van der Waals surface area contributed by atoms with E-state index in [1.54, 1.807) is 18.2 Å².